The van der Waals surface area contributed by atoms with Gasteiger partial charge in [-0.05, 0) is 74.2 Å². The number of carbonyl (C=O) groups is 1. The minimum Gasteiger partial charge on any atom is -0.457 e. The van der Waals surface area contributed by atoms with E-state index in [2.05, 4.69) is 19.9 Å². The first kappa shape index (κ1) is 15.3. The van der Waals surface area contributed by atoms with Crippen molar-refractivity contribution in [1.29, 1.82) is 0 Å². The Kier molecular flexibility index (Phi) is 4.46. The zero-order chi connectivity index (χ0) is 15.6. The molecule has 0 atom stereocenters. The average Bonchev–Trinajstić information content (AvgIpc) is 2.40. The molecule has 0 N–H and O–H groups in total. The third kappa shape index (κ3) is 3.52. The summed E-state index contributed by atoms with van der Waals surface area (Å²) < 4.78 is 6.06. The van der Waals surface area contributed by atoms with Gasteiger partial charge in [0.2, 0.25) is 0 Å². The van der Waals surface area contributed by atoms with Crippen LogP contribution in [0.3, 0.4) is 0 Å². The number of aryl methyl sites for hydroxylation is 4. The Morgan fingerprint density at radius 2 is 1.43 bits per heavy atom. The number of ether oxygens (including phenoxy) is 1. The molecule has 0 aliphatic rings. The Bertz CT molecular complexity index is 641. The molecule has 2 nitrogen and oxygen atoms in total. The fourth-order valence-corrected chi connectivity index (χ4v) is 2.59. The van der Waals surface area contributed by atoms with Crippen LogP contribution in [0.1, 0.15) is 46.0 Å². The Hall–Kier alpha value is -2.09. The second kappa shape index (κ2) is 6.13. The lowest BCUT2D eigenvalue weighted by Gasteiger charge is -2.14. The van der Waals surface area contributed by atoms with Gasteiger partial charge in [0.05, 0.1) is 0 Å². The van der Waals surface area contributed by atoms with Crippen molar-refractivity contribution in [3.63, 3.8) is 0 Å². The molecule has 0 saturated carbocycles. The highest BCUT2D eigenvalue weighted by atomic mass is 16.5. The summed E-state index contributed by atoms with van der Waals surface area (Å²) in [6.07, 6.45) is 0.524. The highest BCUT2D eigenvalue weighted by molar-refractivity contribution is 5.96. The topological polar surface area (TPSA) is 26.3 Å². The van der Waals surface area contributed by atoms with Gasteiger partial charge in [0, 0.05) is 12.0 Å². The molecule has 0 heterocycles. The summed E-state index contributed by atoms with van der Waals surface area (Å²) in [4.78, 5) is 11.8. The van der Waals surface area contributed by atoms with E-state index in [0.29, 0.717) is 6.42 Å². The van der Waals surface area contributed by atoms with E-state index in [1.807, 2.05) is 45.0 Å². The summed E-state index contributed by atoms with van der Waals surface area (Å²) in [5, 5.41) is 0. The Balaban J connectivity index is 2.38. The largest absolute Gasteiger partial charge is 0.457 e. The minimum absolute atomic E-state index is 0.166. The van der Waals surface area contributed by atoms with Gasteiger partial charge in [0.25, 0.3) is 0 Å². The van der Waals surface area contributed by atoms with Gasteiger partial charge in [-0.1, -0.05) is 13.0 Å². The smallest absolute Gasteiger partial charge is 0.162 e. The van der Waals surface area contributed by atoms with Crippen LogP contribution in [0, 0.1) is 27.7 Å². The van der Waals surface area contributed by atoms with Crippen molar-refractivity contribution in [3.8, 4) is 11.5 Å². The van der Waals surface area contributed by atoms with Crippen molar-refractivity contribution in [2.45, 2.75) is 41.0 Å². The van der Waals surface area contributed by atoms with Gasteiger partial charge in [-0.15, -0.1) is 0 Å². The van der Waals surface area contributed by atoms with E-state index in [1.165, 1.54) is 11.1 Å². The maximum absolute atomic E-state index is 11.8. The quantitative estimate of drug-likeness (QED) is 0.711. The van der Waals surface area contributed by atoms with Crippen LogP contribution in [0.15, 0.2) is 30.3 Å². The summed E-state index contributed by atoms with van der Waals surface area (Å²) >= 11 is 0. The fourth-order valence-electron chi connectivity index (χ4n) is 2.59. The molecule has 21 heavy (non-hydrogen) atoms. The molecule has 2 heteroatoms. The monoisotopic (exact) mass is 282 g/mol. The summed E-state index contributed by atoms with van der Waals surface area (Å²) in [6, 6.07) is 10.00. The maximum atomic E-state index is 11.8. The minimum atomic E-state index is 0.166. The van der Waals surface area contributed by atoms with Crippen LogP contribution in [-0.2, 0) is 0 Å². The molecule has 0 aliphatic heterocycles. The molecule has 0 unspecified atom stereocenters. The third-order valence-corrected chi connectivity index (χ3v) is 3.52. The first-order valence-electron chi connectivity index (χ1n) is 7.31. The van der Waals surface area contributed by atoms with Crippen molar-refractivity contribution >= 4 is 5.78 Å². The molecule has 0 amide bonds. The van der Waals surface area contributed by atoms with Gasteiger partial charge in [-0.3, -0.25) is 4.79 Å². The lowest BCUT2D eigenvalue weighted by molar-refractivity contribution is 0.0988. The highest BCUT2D eigenvalue weighted by Crippen LogP contribution is 2.31. The molecule has 2 aromatic rings. The maximum Gasteiger partial charge on any atom is 0.162 e. The zero-order valence-corrected chi connectivity index (χ0v) is 13.4. The van der Waals surface area contributed by atoms with Crippen molar-refractivity contribution in [2.24, 2.45) is 0 Å². The lowest BCUT2D eigenvalue weighted by Crippen LogP contribution is -2.00. The van der Waals surface area contributed by atoms with Crippen molar-refractivity contribution in [2.75, 3.05) is 0 Å². The molecule has 0 aliphatic carbocycles. The SMILES string of the molecule is CCC(=O)c1cc(C)c(Oc2cc(C)cc(C)c2)c(C)c1. The van der Waals surface area contributed by atoms with Crippen LogP contribution in [0.25, 0.3) is 0 Å². The molecule has 0 aromatic heterocycles. The first-order valence-corrected chi connectivity index (χ1v) is 7.31. The van der Waals surface area contributed by atoms with Gasteiger partial charge >= 0.3 is 0 Å². The van der Waals surface area contributed by atoms with Crippen LogP contribution in [-0.4, -0.2) is 5.78 Å². The normalized spacial score (nSPS) is 10.5. The number of rotatable bonds is 4. The number of hydrogen-bond acceptors (Lipinski definition) is 2. The summed E-state index contributed by atoms with van der Waals surface area (Å²) in [6.45, 7) is 9.97. The highest BCUT2D eigenvalue weighted by Gasteiger charge is 2.11. The second-order valence-corrected chi connectivity index (χ2v) is 5.64. The number of carbonyl (C=O) groups excluding carboxylic acids is 1. The molecule has 0 bridgehead atoms. The number of hydrogen-bond donors (Lipinski definition) is 0. The van der Waals surface area contributed by atoms with Crippen LogP contribution in [0.5, 0.6) is 11.5 Å². The van der Waals surface area contributed by atoms with Gasteiger partial charge < -0.3 is 4.74 Å². The fraction of sp³-hybridized carbons (Fsp3) is 0.316. The second-order valence-electron chi connectivity index (χ2n) is 5.64. The Morgan fingerprint density at radius 1 is 0.905 bits per heavy atom. The predicted octanol–water partition coefficient (Wildman–Crippen LogP) is 5.31. The summed E-state index contributed by atoms with van der Waals surface area (Å²) in [5.74, 6) is 1.85. The van der Waals surface area contributed by atoms with Gasteiger partial charge in [0.1, 0.15) is 11.5 Å². The standard InChI is InChI=1S/C19H22O2/c1-6-18(20)16-10-14(4)19(15(5)11-16)21-17-8-12(2)7-13(3)9-17/h7-11H,6H2,1-5H3. The van der Waals surface area contributed by atoms with Crippen LogP contribution in [0.4, 0.5) is 0 Å². The summed E-state index contributed by atoms with van der Waals surface area (Å²) in [5.41, 5.74) is 5.10. The molecule has 2 aromatic carbocycles. The predicted molar refractivity (Wildman–Crippen MR) is 86.5 cm³/mol. The molecule has 0 spiro atoms. The van der Waals surface area contributed by atoms with Gasteiger partial charge in [0.15, 0.2) is 5.78 Å². The van der Waals surface area contributed by atoms with Crippen LogP contribution >= 0.6 is 0 Å². The molecule has 110 valence electrons. The Morgan fingerprint density at radius 3 is 1.90 bits per heavy atom. The van der Waals surface area contributed by atoms with E-state index in [0.717, 1.165) is 28.2 Å². The van der Waals surface area contributed by atoms with Gasteiger partial charge in [-0.25, -0.2) is 0 Å². The summed E-state index contributed by atoms with van der Waals surface area (Å²) in [7, 11) is 0. The van der Waals surface area contributed by atoms with E-state index in [4.69, 9.17) is 4.74 Å². The number of ketones is 1. The molecule has 2 rings (SSSR count). The molecule has 0 fully saturated rings. The van der Waals surface area contributed by atoms with Gasteiger partial charge in [-0.2, -0.15) is 0 Å². The van der Waals surface area contributed by atoms with Crippen molar-refractivity contribution in [3.05, 3.63) is 58.1 Å². The van der Waals surface area contributed by atoms with Crippen molar-refractivity contribution < 1.29 is 9.53 Å². The molecular weight excluding hydrogens is 260 g/mol. The third-order valence-electron chi connectivity index (χ3n) is 3.52. The zero-order valence-electron chi connectivity index (χ0n) is 13.4. The van der Waals surface area contributed by atoms with E-state index in [1.54, 1.807) is 0 Å². The molecule has 0 saturated heterocycles. The van der Waals surface area contributed by atoms with Crippen LogP contribution in [0.2, 0.25) is 0 Å². The van der Waals surface area contributed by atoms with E-state index in [-0.39, 0.29) is 5.78 Å². The molecular formula is C19H22O2. The first-order chi connectivity index (χ1) is 9.90. The van der Waals surface area contributed by atoms with Crippen LogP contribution < -0.4 is 4.74 Å². The van der Waals surface area contributed by atoms with E-state index >= 15 is 0 Å². The molecule has 0 radical (unpaired) electrons. The van der Waals surface area contributed by atoms with E-state index < -0.39 is 0 Å². The number of Topliss-reactive ketones (excluding diaryl/α,β-unsaturated/α-hetero) is 1. The van der Waals surface area contributed by atoms with Crippen molar-refractivity contribution in [1.82, 2.24) is 0 Å². The van der Waals surface area contributed by atoms with E-state index in [9.17, 15) is 4.79 Å². The Labute approximate surface area is 126 Å². The number of benzene rings is 2. The lowest BCUT2D eigenvalue weighted by atomic mass is 10.0. The average molecular weight is 282 g/mol.